The monoisotopic (exact) mass is 278 g/mol. The Morgan fingerprint density at radius 2 is 2.37 bits per heavy atom. The predicted octanol–water partition coefficient (Wildman–Crippen LogP) is 2.87. The molecule has 2 unspecified atom stereocenters. The van der Waals surface area contributed by atoms with Gasteiger partial charge in [0.15, 0.2) is 5.82 Å². The molecule has 0 aromatic carbocycles. The van der Waals surface area contributed by atoms with Gasteiger partial charge in [-0.2, -0.15) is 4.98 Å². The Balaban J connectivity index is 1.91. The van der Waals surface area contributed by atoms with Crippen LogP contribution in [0.4, 0.5) is 0 Å². The quantitative estimate of drug-likeness (QED) is 0.914. The summed E-state index contributed by atoms with van der Waals surface area (Å²) in [6, 6.07) is 0. The number of hydrogen-bond donors (Lipinski definition) is 1. The maximum atomic E-state index is 6.48. The second-order valence-corrected chi connectivity index (χ2v) is 6.40. The number of thiazole rings is 1. The molecule has 3 rings (SSSR count). The van der Waals surface area contributed by atoms with E-state index in [9.17, 15) is 0 Å². The van der Waals surface area contributed by atoms with Gasteiger partial charge in [-0.3, -0.25) is 0 Å². The molecule has 19 heavy (non-hydrogen) atoms. The molecule has 0 amide bonds. The molecular weight excluding hydrogens is 260 g/mol. The smallest absolute Gasteiger partial charge is 0.269 e. The van der Waals surface area contributed by atoms with Crippen LogP contribution in [0.5, 0.6) is 0 Å². The molecule has 0 saturated heterocycles. The van der Waals surface area contributed by atoms with Crippen molar-refractivity contribution in [1.82, 2.24) is 15.1 Å². The van der Waals surface area contributed by atoms with Gasteiger partial charge >= 0.3 is 0 Å². The SMILES string of the molecule is Cc1ncsc1-c1nc(C2(N)CCCC(C)C2)no1. The highest BCUT2D eigenvalue weighted by molar-refractivity contribution is 7.13. The summed E-state index contributed by atoms with van der Waals surface area (Å²) in [6.45, 7) is 4.17. The Hall–Kier alpha value is -1.27. The molecule has 6 heteroatoms. The van der Waals surface area contributed by atoms with Gasteiger partial charge < -0.3 is 10.3 Å². The van der Waals surface area contributed by atoms with E-state index in [0.29, 0.717) is 17.6 Å². The minimum Gasteiger partial charge on any atom is -0.333 e. The number of aryl methyl sites for hydroxylation is 1. The van der Waals surface area contributed by atoms with Crippen LogP contribution in [0.3, 0.4) is 0 Å². The Kier molecular flexibility index (Phi) is 3.14. The largest absolute Gasteiger partial charge is 0.333 e. The maximum absolute atomic E-state index is 6.48. The van der Waals surface area contributed by atoms with Crippen LogP contribution in [-0.4, -0.2) is 15.1 Å². The molecule has 0 spiro atoms. The fourth-order valence-electron chi connectivity index (χ4n) is 2.82. The number of aromatic nitrogens is 3. The molecule has 2 heterocycles. The summed E-state index contributed by atoms with van der Waals surface area (Å²) in [5, 5.41) is 4.11. The van der Waals surface area contributed by atoms with Gasteiger partial charge in [0.1, 0.15) is 4.88 Å². The zero-order chi connectivity index (χ0) is 13.5. The maximum Gasteiger partial charge on any atom is 0.269 e. The highest BCUT2D eigenvalue weighted by Gasteiger charge is 2.37. The molecule has 0 radical (unpaired) electrons. The molecule has 1 saturated carbocycles. The van der Waals surface area contributed by atoms with Crippen LogP contribution in [0.1, 0.15) is 44.1 Å². The number of nitrogens with two attached hydrogens (primary N) is 1. The van der Waals surface area contributed by atoms with Crippen molar-refractivity contribution in [2.45, 2.75) is 45.1 Å². The minimum absolute atomic E-state index is 0.433. The first kappa shape index (κ1) is 12.7. The van der Waals surface area contributed by atoms with Gasteiger partial charge in [0.05, 0.1) is 16.7 Å². The molecule has 2 aromatic rings. The third-order valence-corrected chi connectivity index (χ3v) is 4.76. The van der Waals surface area contributed by atoms with Crippen molar-refractivity contribution in [1.29, 1.82) is 0 Å². The number of nitrogens with zero attached hydrogens (tertiary/aromatic N) is 3. The number of rotatable bonds is 2. The first-order chi connectivity index (χ1) is 9.08. The Bertz CT molecular complexity index is 579. The van der Waals surface area contributed by atoms with Crippen LogP contribution in [0.25, 0.3) is 10.8 Å². The average molecular weight is 278 g/mol. The van der Waals surface area contributed by atoms with Crippen molar-refractivity contribution >= 4 is 11.3 Å². The molecular formula is C13H18N4OS. The van der Waals surface area contributed by atoms with Gasteiger partial charge in [-0.1, -0.05) is 24.9 Å². The van der Waals surface area contributed by atoms with Crippen LogP contribution in [0.15, 0.2) is 10.0 Å². The van der Waals surface area contributed by atoms with Crippen molar-refractivity contribution < 1.29 is 4.52 Å². The normalized spacial score (nSPS) is 27.6. The van der Waals surface area contributed by atoms with Gasteiger partial charge in [0.25, 0.3) is 5.89 Å². The zero-order valence-electron chi connectivity index (χ0n) is 11.2. The van der Waals surface area contributed by atoms with Crippen molar-refractivity contribution in [2.75, 3.05) is 0 Å². The molecule has 5 nitrogen and oxygen atoms in total. The third-order valence-electron chi connectivity index (χ3n) is 3.84. The fraction of sp³-hybridized carbons (Fsp3) is 0.615. The lowest BCUT2D eigenvalue weighted by Crippen LogP contribution is -2.42. The van der Waals surface area contributed by atoms with E-state index in [1.165, 1.54) is 17.8 Å². The van der Waals surface area contributed by atoms with E-state index in [4.69, 9.17) is 10.3 Å². The second-order valence-electron chi connectivity index (χ2n) is 5.55. The fourth-order valence-corrected chi connectivity index (χ4v) is 3.54. The highest BCUT2D eigenvalue weighted by atomic mass is 32.1. The lowest BCUT2D eigenvalue weighted by molar-refractivity contribution is 0.222. The van der Waals surface area contributed by atoms with Crippen LogP contribution >= 0.6 is 11.3 Å². The van der Waals surface area contributed by atoms with Gasteiger partial charge in [-0.25, -0.2) is 4.98 Å². The van der Waals surface area contributed by atoms with E-state index in [0.717, 1.165) is 29.8 Å². The van der Waals surface area contributed by atoms with E-state index >= 15 is 0 Å². The first-order valence-corrected chi connectivity index (χ1v) is 7.50. The van der Waals surface area contributed by atoms with Crippen molar-refractivity contribution in [3.63, 3.8) is 0 Å². The van der Waals surface area contributed by atoms with Crippen LogP contribution < -0.4 is 5.73 Å². The van der Waals surface area contributed by atoms with E-state index in [2.05, 4.69) is 22.0 Å². The average Bonchev–Trinajstić information content (AvgIpc) is 2.96. The predicted molar refractivity (Wildman–Crippen MR) is 73.6 cm³/mol. The van der Waals surface area contributed by atoms with E-state index < -0.39 is 5.54 Å². The van der Waals surface area contributed by atoms with Gasteiger partial charge in [0.2, 0.25) is 0 Å². The van der Waals surface area contributed by atoms with Gasteiger partial charge in [-0.05, 0) is 25.7 Å². The second kappa shape index (κ2) is 4.68. The standard InChI is InChI=1S/C13H18N4OS/c1-8-4-3-5-13(14,6-8)12-16-11(18-17-12)10-9(2)15-7-19-10/h7-8H,3-6,14H2,1-2H3. The Morgan fingerprint density at radius 3 is 3.05 bits per heavy atom. The van der Waals surface area contributed by atoms with Crippen LogP contribution in [0.2, 0.25) is 0 Å². The molecule has 0 aliphatic heterocycles. The third kappa shape index (κ3) is 2.30. The summed E-state index contributed by atoms with van der Waals surface area (Å²) in [4.78, 5) is 9.65. The summed E-state index contributed by atoms with van der Waals surface area (Å²) >= 11 is 1.51. The van der Waals surface area contributed by atoms with Crippen molar-refractivity contribution in [3.05, 3.63) is 17.0 Å². The highest BCUT2D eigenvalue weighted by Crippen LogP contribution is 2.37. The molecule has 1 aliphatic rings. The Labute approximate surface area is 116 Å². The molecule has 0 bridgehead atoms. The molecule has 2 atom stereocenters. The summed E-state index contributed by atoms with van der Waals surface area (Å²) in [5.41, 5.74) is 8.75. The first-order valence-electron chi connectivity index (χ1n) is 6.62. The summed E-state index contributed by atoms with van der Waals surface area (Å²) in [6.07, 6.45) is 4.21. The summed E-state index contributed by atoms with van der Waals surface area (Å²) in [5.74, 6) is 1.80. The van der Waals surface area contributed by atoms with E-state index in [1.54, 1.807) is 5.51 Å². The molecule has 2 aromatic heterocycles. The lowest BCUT2D eigenvalue weighted by Gasteiger charge is -2.33. The van der Waals surface area contributed by atoms with Gasteiger partial charge in [0, 0.05) is 0 Å². The zero-order valence-corrected chi connectivity index (χ0v) is 12.0. The van der Waals surface area contributed by atoms with Crippen molar-refractivity contribution in [3.8, 4) is 10.8 Å². The van der Waals surface area contributed by atoms with Crippen LogP contribution in [-0.2, 0) is 5.54 Å². The summed E-state index contributed by atoms with van der Waals surface area (Å²) < 4.78 is 5.37. The van der Waals surface area contributed by atoms with E-state index in [-0.39, 0.29) is 0 Å². The molecule has 1 aliphatic carbocycles. The summed E-state index contributed by atoms with van der Waals surface area (Å²) in [7, 11) is 0. The number of hydrogen-bond acceptors (Lipinski definition) is 6. The Morgan fingerprint density at radius 1 is 1.53 bits per heavy atom. The topological polar surface area (TPSA) is 77.8 Å². The molecule has 1 fully saturated rings. The minimum atomic E-state index is -0.433. The molecule has 102 valence electrons. The molecule has 2 N–H and O–H groups in total. The van der Waals surface area contributed by atoms with E-state index in [1.807, 2.05) is 6.92 Å². The lowest BCUT2D eigenvalue weighted by atomic mass is 9.76. The van der Waals surface area contributed by atoms with Crippen LogP contribution in [0, 0.1) is 12.8 Å². The van der Waals surface area contributed by atoms with Crippen molar-refractivity contribution in [2.24, 2.45) is 11.7 Å². The van der Waals surface area contributed by atoms with Gasteiger partial charge in [-0.15, -0.1) is 11.3 Å².